The van der Waals surface area contributed by atoms with Crippen LogP contribution in [0.2, 0.25) is 5.02 Å². The molecule has 0 bridgehead atoms. The standard InChI is InChI=1S/C39H35ClF6N6O6S/c1-22-24(7-8-27(32(22)40)55-18-17-51-15-13-50(2)14-16-51)30-31-35(47-21-48-36(31)59-33(30)28-9-10-29(41)57-28)58-34(37(53)54)39(45,46)25-5-3-4-6-26(25)56-19-23-11-12-49-52(23)20-38(42,43)44/h3-12,21,34H,13-20H2,1-2H3,(H,53,54)/t34-/m0/s1/i19D2. The molecule has 4 aromatic heterocycles. The topological polar surface area (TPSA) is 128 Å². The number of carboxylic acids is 1. The number of carbonyl (C=O) groups is 1. The van der Waals surface area contributed by atoms with Gasteiger partial charge in [-0.3, -0.25) is 9.58 Å². The number of alkyl halides is 5. The monoisotopic (exact) mass is 866 g/mol. The van der Waals surface area contributed by atoms with E-state index in [-0.39, 0.29) is 36.1 Å². The quantitative estimate of drug-likeness (QED) is 0.100. The van der Waals surface area contributed by atoms with E-state index in [1.54, 1.807) is 19.1 Å². The van der Waals surface area contributed by atoms with E-state index in [1.165, 1.54) is 12.1 Å². The minimum atomic E-state index is -4.81. The van der Waals surface area contributed by atoms with Gasteiger partial charge in [-0.2, -0.15) is 31.4 Å². The van der Waals surface area contributed by atoms with Gasteiger partial charge >= 0.3 is 18.1 Å². The molecular weight excluding hydrogens is 830 g/mol. The van der Waals surface area contributed by atoms with E-state index < -0.39 is 66.2 Å². The highest BCUT2D eigenvalue weighted by Gasteiger charge is 2.51. The first kappa shape index (κ1) is 39.1. The van der Waals surface area contributed by atoms with Crippen LogP contribution >= 0.6 is 22.9 Å². The van der Waals surface area contributed by atoms with Gasteiger partial charge in [-0.15, -0.1) is 11.3 Å². The van der Waals surface area contributed by atoms with Crippen LogP contribution in [0.3, 0.4) is 0 Å². The number of halogens is 7. The number of fused-ring (bicyclic) bond motifs is 1. The zero-order chi connectivity index (χ0) is 43.9. The van der Waals surface area contributed by atoms with Crippen molar-refractivity contribution in [3.05, 3.63) is 95.0 Å². The van der Waals surface area contributed by atoms with Crippen molar-refractivity contribution < 1.29 is 57.6 Å². The number of hydrogen-bond donors (Lipinski definition) is 1. The molecule has 1 N–H and O–H groups in total. The Balaban J connectivity index is 1.25. The molecule has 1 aliphatic heterocycles. The van der Waals surface area contributed by atoms with Crippen LogP contribution in [0.1, 0.15) is 19.6 Å². The fraction of sp³-hybridized carbons (Fsp3) is 0.333. The average molecular weight is 867 g/mol. The van der Waals surface area contributed by atoms with Crippen LogP contribution in [0.25, 0.3) is 32.0 Å². The molecule has 312 valence electrons. The van der Waals surface area contributed by atoms with E-state index in [0.29, 0.717) is 30.0 Å². The number of piperazine rings is 1. The van der Waals surface area contributed by atoms with Gasteiger partial charge in [0.2, 0.25) is 5.88 Å². The summed E-state index contributed by atoms with van der Waals surface area (Å²) in [6.07, 6.45) is -6.06. The first-order valence-electron chi connectivity index (χ1n) is 18.8. The summed E-state index contributed by atoms with van der Waals surface area (Å²) in [6.45, 7) is 1.39. The number of carboxylic acid groups (broad SMARTS) is 1. The summed E-state index contributed by atoms with van der Waals surface area (Å²) in [5.41, 5.74) is -0.929. The van der Waals surface area contributed by atoms with Gasteiger partial charge < -0.3 is 28.6 Å². The van der Waals surface area contributed by atoms with Crippen molar-refractivity contribution in [1.82, 2.24) is 29.5 Å². The number of para-hydroxylation sites is 1. The first-order valence-corrected chi connectivity index (χ1v) is 19.0. The Morgan fingerprint density at radius 3 is 2.51 bits per heavy atom. The van der Waals surface area contributed by atoms with E-state index in [9.17, 15) is 27.5 Å². The number of furan rings is 1. The predicted octanol–water partition coefficient (Wildman–Crippen LogP) is 8.31. The Kier molecular flexibility index (Phi) is 11.3. The van der Waals surface area contributed by atoms with Crippen LogP contribution in [-0.2, 0) is 23.8 Å². The smallest absolute Gasteiger partial charge is 0.408 e. The number of benzene rings is 2. The van der Waals surface area contributed by atoms with Crippen molar-refractivity contribution in [3.8, 4) is 39.1 Å². The van der Waals surface area contributed by atoms with Crippen molar-refractivity contribution >= 4 is 39.1 Å². The fourth-order valence-corrected chi connectivity index (χ4v) is 7.78. The summed E-state index contributed by atoms with van der Waals surface area (Å²) in [4.78, 5) is 26.0. The van der Waals surface area contributed by atoms with Gasteiger partial charge in [0.1, 0.15) is 48.1 Å². The number of rotatable bonds is 15. The lowest BCUT2D eigenvalue weighted by molar-refractivity contribution is -0.169. The number of ether oxygens (including phenoxy) is 3. The van der Waals surface area contributed by atoms with Gasteiger partial charge in [0, 0.05) is 50.6 Å². The minimum Gasteiger partial charge on any atom is -0.491 e. The molecule has 59 heavy (non-hydrogen) atoms. The summed E-state index contributed by atoms with van der Waals surface area (Å²) in [6, 6.07) is 9.52. The zero-order valence-electron chi connectivity index (χ0n) is 33.1. The third kappa shape index (κ3) is 9.12. The van der Waals surface area contributed by atoms with Gasteiger partial charge in [0.25, 0.3) is 12.1 Å². The molecule has 0 saturated carbocycles. The highest BCUT2D eigenvalue weighted by atomic mass is 35.5. The van der Waals surface area contributed by atoms with Crippen LogP contribution < -0.4 is 14.2 Å². The Bertz CT molecular complexity index is 2550. The molecular formula is C39H35ClF6N6O6S. The van der Waals surface area contributed by atoms with Gasteiger partial charge in [-0.25, -0.2) is 14.8 Å². The van der Waals surface area contributed by atoms with Crippen molar-refractivity contribution in [1.29, 1.82) is 0 Å². The van der Waals surface area contributed by atoms with E-state index in [1.807, 2.05) is 0 Å². The normalized spacial score (nSPS) is 15.5. The maximum Gasteiger partial charge on any atom is 0.408 e. The lowest BCUT2D eigenvalue weighted by Gasteiger charge is -2.32. The predicted molar refractivity (Wildman–Crippen MR) is 205 cm³/mol. The maximum absolute atomic E-state index is 16.7. The molecule has 7 rings (SSSR count). The first-order chi connectivity index (χ1) is 28.8. The molecule has 20 heteroatoms. The molecule has 0 spiro atoms. The van der Waals surface area contributed by atoms with Crippen LogP contribution in [0.15, 0.2) is 71.5 Å². The molecule has 1 atom stereocenters. The third-order valence-electron chi connectivity index (χ3n) is 9.47. The van der Waals surface area contributed by atoms with Gasteiger partial charge in [0.05, 0.1) is 29.3 Å². The average Bonchev–Trinajstić information content (AvgIpc) is 3.94. The highest BCUT2D eigenvalue weighted by molar-refractivity contribution is 7.22. The lowest BCUT2D eigenvalue weighted by Crippen LogP contribution is -2.45. The molecule has 6 aromatic rings. The molecule has 1 saturated heterocycles. The second kappa shape index (κ2) is 17.1. The molecule has 12 nitrogen and oxygen atoms in total. The summed E-state index contributed by atoms with van der Waals surface area (Å²) in [5, 5.41) is 13.9. The van der Waals surface area contributed by atoms with E-state index in [2.05, 4.69) is 31.9 Å². The minimum absolute atomic E-state index is 0.0153. The van der Waals surface area contributed by atoms with Crippen molar-refractivity contribution in [3.63, 3.8) is 0 Å². The highest BCUT2D eigenvalue weighted by Crippen LogP contribution is 2.50. The van der Waals surface area contributed by atoms with E-state index >= 15 is 8.78 Å². The SMILES string of the molecule is [2H]C([2H])(Oc1ccccc1C(F)(F)[C@@H](Oc1ncnc2sc(-c3ccc(F)o3)c(-c3ccc(OCCN4CCN(C)CC4)c(Cl)c3C)c12)C(=O)O)c1ccnn1CC(F)(F)F. The molecule has 0 amide bonds. The fourth-order valence-electron chi connectivity index (χ4n) is 6.45. The van der Waals surface area contributed by atoms with Crippen molar-refractivity contribution in [2.75, 3.05) is 46.4 Å². The molecule has 1 aliphatic rings. The molecule has 2 aromatic carbocycles. The number of hydrogen-bond acceptors (Lipinski definition) is 11. The molecule has 0 unspecified atom stereocenters. The Morgan fingerprint density at radius 2 is 1.80 bits per heavy atom. The summed E-state index contributed by atoms with van der Waals surface area (Å²) < 4.78 is 127. The number of likely N-dealkylation sites (N-methyl/N-ethyl adjacent to an activating group) is 1. The van der Waals surface area contributed by atoms with Gasteiger partial charge in [-0.1, -0.05) is 29.8 Å². The van der Waals surface area contributed by atoms with Crippen molar-refractivity contribution in [2.45, 2.75) is 38.2 Å². The molecule has 1 fully saturated rings. The third-order valence-corrected chi connectivity index (χ3v) is 11.1. The maximum atomic E-state index is 16.7. The Morgan fingerprint density at radius 1 is 1.03 bits per heavy atom. The number of nitrogens with zero attached hydrogens (tertiary/aromatic N) is 6. The summed E-state index contributed by atoms with van der Waals surface area (Å²) in [5.74, 6) is -7.88. The Labute approximate surface area is 344 Å². The largest absolute Gasteiger partial charge is 0.491 e. The number of aliphatic carboxylic acids is 1. The lowest BCUT2D eigenvalue weighted by atomic mass is 9.97. The van der Waals surface area contributed by atoms with Crippen LogP contribution in [-0.4, -0.2) is 99.3 Å². The zero-order valence-corrected chi connectivity index (χ0v) is 32.7. The molecule has 0 radical (unpaired) electrons. The van der Waals surface area contributed by atoms with Crippen LogP contribution in [0.4, 0.5) is 26.3 Å². The molecule has 5 heterocycles. The summed E-state index contributed by atoms with van der Waals surface area (Å²) >= 11 is 7.83. The van der Waals surface area contributed by atoms with Gasteiger partial charge in [0.15, 0.2) is 0 Å². The van der Waals surface area contributed by atoms with E-state index in [0.717, 1.165) is 80.4 Å². The number of thiophene rings is 1. The molecule has 0 aliphatic carbocycles. The second-order valence-electron chi connectivity index (χ2n) is 13.5. The summed E-state index contributed by atoms with van der Waals surface area (Å²) in [7, 11) is 2.06. The Hall–Kier alpha value is -5.37. The van der Waals surface area contributed by atoms with Crippen molar-refractivity contribution in [2.24, 2.45) is 0 Å². The number of aromatic nitrogens is 4. The van der Waals surface area contributed by atoms with Crippen LogP contribution in [0, 0.1) is 12.9 Å². The van der Waals surface area contributed by atoms with Crippen LogP contribution in [0.5, 0.6) is 17.4 Å². The van der Waals surface area contributed by atoms with E-state index in [4.69, 9.17) is 33.0 Å². The second-order valence-corrected chi connectivity index (χ2v) is 14.8. The van der Waals surface area contributed by atoms with Gasteiger partial charge in [-0.05, 0) is 55.4 Å².